The molecular formula is C15H19NO4S2. The van der Waals surface area contributed by atoms with Crippen molar-refractivity contribution >= 4 is 29.3 Å². The van der Waals surface area contributed by atoms with E-state index in [0.717, 1.165) is 9.80 Å². The van der Waals surface area contributed by atoms with Crippen LogP contribution < -0.4 is 4.74 Å². The van der Waals surface area contributed by atoms with Crippen LogP contribution in [0.3, 0.4) is 0 Å². The van der Waals surface area contributed by atoms with E-state index >= 15 is 0 Å². The van der Waals surface area contributed by atoms with Gasteiger partial charge in [0.05, 0.1) is 13.0 Å². The molecule has 120 valence electrons. The van der Waals surface area contributed by atoms with Crippen LogP contribution in [0.25, 0.3) is 0 Å². The van der Waals surface area contributed by atoms with Crippen LogP contribution in [-0.2, 0) is 4.79 Å². The smallest absolute Gasteiger partial charge is 0.211 e. The van der Waals surface area contributed by atoms with Crippen LogP contribution in [0.2, 0.25) is 0 Å². The van der Waals surface area contributed by atoms with E-state index in [0.29, 0.717) is 5.75 Å². The van der Waals surface area contributed by atoms with Crippen LogP contribution in [-0.4, -0.2) is 36.9 Å². The average molecular weight is 341 g/mol. The Morgan fingerprint density at radius 2 is 2.09 bits per heavy atom. The van der Waals surface area contributed by atoms with Gasteiger partial charge in [-0.3, -0.25) is 14.9 Å². The number of hydrogen-bond donors (Lipinski definition) is 0. The highest BCUT2D eigenvalue weighted by molar-refractivity contribution is 8.21. The monoisotopic (exact) mass is 341 g/mol. The Bertz CT molecular complexity index is 554. The highest BCUT2D eigenvalue weighted by Gasteiger charge is 2.21. The van der Waals surface area contributed by atoms with Crippen molar-refractivity contribution < 1.29 is 14.5 Å². The molecule has 0 heterocycles. The highest BCUT2D eigenvalue weighted by atomic mass is 32.2. The molecule has 0 spiro atoms. The van der Waals surface area contributed by atoms with Gasteiger partial charge >= 0.3 is 0 Å². The number of thioether (sulfide) groups is 2. The van der Waals surface area contributed by atoms with E-state index < -0.39 is 5.92 Å². The van der Waals surface area contributed by atoms with Crippen molar-refractivity contribution in [3.8, 4) is 5.75 Å². The number of hydrogen-bond acceptors (Lipinski definition) is 6. The van der Waals surface area contributed by atoms with E-state index in [1.54, 1.807) is 37.5 Å². The fraction of sp³-hybridized carbons (Fsp3) is 0.400. The summed E-state index contributed by atoms with van der Waals surface area (Å²) < 4.78 is 6.04. The van der Waals surface area contributed by atoms with Crippen molar-refractivity contribution in [3.05, 3.63) is 50.3 Å². The number of carbonyl (C=O) groups is 1. The van der Waals surface area contributed by atoms with Crippen LogP contribution in [0.15, 0.2) is 34.6 Å². The van der Waals surface area contributed by atoms with E-state index in [1.807, 2.05) is 12.5 Å². The summed E-state index contributed by atoms with van der Waals surface area (Å²) in [5.74, 6) is 0.0648. The Kier molecular flexibility index (Phi) is 8.05. The van der Waals surface area contributed by atoms with Crippen molar-refractivity contribution in [2.24, 2.45) is 0 Å². The molecule has 0 fully saturated rings. The topological polar surface area (TPSA) is 69.4 Å². The lowest BCUT2D eigenvalue weighted by Crippen LogP contribution is -2.16. The van der Waals surface area contributed by atoms with Crippen molar-refractivity contribution in [3.63, 3.8) is 0 Å². The molecule has 0 aromatic heterocycles. The molecule has 0 aliphatic heterocycles. The number of rotatable bonds is 9. The maximum absolute atomic E-state index is 12.1. The molecule has 0 aliphatic carbocycles. The lowest BCUT2D eigenvalue weighted by molar-refractivity contribution is -0.483. The quantitative estimate of drug-likeness (QED) is 0.388. The van der Waals surface area contributed by atoms with E-state index in [1.165, 1.54) is 23.5 Å². The summed E-state index contributed by atoms with van der Waals surface area (Å²) in [7, 11) is 1.54. The molecule has 0 amide bonds. The molecule has 1 aromatic rings. The molecule has 1 atom stereocenters. The number of methoxy groups -OCH3 is 1. The summed E-state index contributed by atoms with van der Waals surface area (Å²) in [4.78, 5) is 22.6. The summed E-state index contributed by atoms with van der Waals surface area (Å²) in [6.45, 7) is -0.277. The summed E-state index contributed by atoms with van der Waals surface area (Å²) in [5, 5.41) is 10.9. The maximum Gasteiger partial charge on any atom is 0.211 e. The summed E-state index contributed by atoms with van der Waals surface area (Å²) >= 11 is 2.98. The van der Waals surface area contributed by atoms with Crippen molar-refractivity contribution in [1.82, 2.24) is 0 Å². The second-order valence-electron chi connectivity index (χ2n) is 4.53. The van der Waals surface area contributed by atoms with Gasteiger partial charge in [-0.15, -0.1) is 23.5 Å². The number of nitrogens with zero attached hydrogens (tertiary/aromatic N) is 1. The average Bonchev–Trinajstić information content (AvgIpc) is 2.51. The molecule has 0 aliphatic rings. The SMILES string of the molecule is COc1cccc(C(CC(=O)C=C(SC)SC)C[N+](=O)[O-])c1. The van der Waals surface area contributed by atoms with Crippen LogP contribution >= 0.6 is 23.5 Å². The largest absolute Gasteiger partial charge is 0.497 e. The molecule has 0 saturated carbocycles. The molecule has 0 N–H and O–H groups in total. The third-order valence-corrected chi connectivity index (χ3v) is 5.10. The third kappa shape index (κ3) is 6.11. The molecule has 1 aromatic carbocycles. The number of ketones is 1. The van der Waals surface area contributed by atoms with Gasteiger partial charge in [-0.1, -0.05) is 12.1 Å². The Morgan fingerprint density at radius 3 is 2.64 bits per heavy atom. The zero-order valence-electron chi connectivity index (χ0n) is 12.8. The van der Waals surface area contributed by atoms with Gasteiger partial charge in [-0.25, -0.2) is 0 Å². The van der Waals surface area contributed by atoms with Crippen LogP contribution in [0.5, 0.6) is 5.75 Å². The summed E-state index contributed by atoms with van der Waals surface area (Å²) in [6.07, 6.45) is 5.46. The third-order valence-electron chi connectivity index (χ3n) is 3.06. The van der Waals surface area contributed by atoms with E-state index in [9.17, 15) is 14.9 Å². The zero-order valence-corrected chi connectivity index (χ0v) is 14.4. The number of benzene rings is 1. The zero-order chi connectivity index (χ0) is 16.5. The van der Waals surface area contributed by atoms with E-state index in [4.69, 9.17) is 4.74 Å². The van der Waals surface area contributed by atoms with E-state index in [2.05, 4.69) is 0 Å². The Balaban J connectivity index is 2.95. The van der Waals surface area contributed by atoms with E-state index in [-0.39, 0.29) is 23.7 Å². The summed E-state index contributed by atoms with van der Waals surface area (Å²) in [6, 6.07) is 7.08. The Morgan fingerprint density at radius 1 is 1.41 bits per heavy atom. The minimum atomic E-state index is -0.459. The molecule has 0 saturated heterocycles. The number of carbonyl (C=O) groups excluding carboxylic acids is 1. The minimum absolute atomic E-state index is 0.103. The van der Waals surface area contributed by atoms with Gasteiger partial charge in [0.2, 0.25) is 6.54 Å². The van der Waals surface area contributed by atoms with Crippen molar-refractivity contribution in [2.45, 2.75) is 12.3 Å². The normalized spacial score (nSPS) is 11.6. The molecule has 5 nitrogen and oxygen atoms in total. The van der Waals surface area contributed by atoms with Gasteiger partial charge in [-0.2, -0.15) is 0 Å². The number of nitro groups is 1. The lowest BCUT2D eigenvalue weighted by Gasteiger charge is -2.13. The van der Waals surface area contributed by atoms with Crippen molar-refractivity contribution in [1.29, 1.82) is 0 Å². The molecule has 0 bridgehead atoms. The molecule has 7 heteroatoms. The first-order valence-corrected chi connectivity index (χ1v) is 9.03. The van der Waals surface area contributed by atoms with Gasteiger partial charge < -0.3 is 4.74 Å². The van der Waals surface area contributed by atoms with Gasteiger partial charge in [0.1, 0.15) is 5.75 Å². The molecule has 1 rings (SSSR count). The second-order valence-corrected chi connectivity index (χ2v) is 6.49. The number of allylic oxidation sites excluding steroid dienone is 1. The van der Waals surface area contributed by atoms with Crippen molar-refractivity contribution in [2.75, 3.05) is 26.2 Å². The maximum atomic E-state index is 12.1. The van der Waals surface area contributed by atoms with Crippen LogP contribution in [0.4, 0.5) is 0 Å². The highest BCUT2D eigenvalue weighted by Crippen LogP contribution is 2.27. The lowest BCUT2D eigenvalue weighted by atomic mass is 9.93. The standard InChI is InChI=1S/C15H19NO4S2/c1-20-14-6-4-5-11(8-14)12(10-16(18)19)7-13(17)9-15(21-2)22-3/h4-6,8-9,12H,7,10H2,1-3H3. The molecule has 1 unspecified atom stereocenters. The fourth-order valence-corrected chi connectivity index (χ4v) is 3.16. The second kappa shape index (κ2) is 9.53. The summed E-state index contributed by atoms with van der Waals surface area (Å²) in [5.41, 5.74) is 0.743. The van der Waals surface area contributed by atoms with Gasteiger partial charge in [0.15, 0.2) is 5.78 Å². The first-order chi connectivity index (χ1) is 10.5. The Labute approximate surface area is 138 Å². The fourth-order valence-electron chi connectivity index (χ4n) is 2.00. The predicted octanol–water partition coefficient (Wildman–Crippen LogP) is 3.58. The van der Waals surface area contributed by atoms with Crippen LogP contribution in [0.1, 0.15) is 17.9 Å². The van der Waals surface area contributed by atoms with Gasteiger partial charge in [0.25, 0.3) is 0 Å². The Hall–Kier alpha value is -1.47. The predicted molar refractivity (Wildman–Crippen MR) is 92.3 cm³/mol. The molecular weight excluding hydrogens is 322 g/mol. The first-order valence-electron chi connectivity index (χ1n) is 6.58. The first kappa shape index (κ1) is 18.6. The van der Waals surface area contributed by atoms with Gasteiger partial charge in [-0.05, 0) is 30.2 Å². The minimum Gasteiger partial charge on any atom is -0.497 e. The molecule has 22 heavy (non-hydrogen) atoms. The molecule has 0 radical (unpaired) electrons. The number of ether oxygens (including phenoxy) is 1. The van der Waals surface area contributed by atoms with Gasteiger partial charge in [0, 0.05) is 21.7 Å². The van der Waals surface area contributed by atoms with Crippen LogP contribution in [0, 0.1) is 10.1 Å².